The van der Waals surface area contributed by atoms with Gasteiger partial charge in [-0.15, -0.1) is 24.3 Å². The normalized spacial score (nSPS) is 7.84. The molecule has 0 saturated carbocycles. The van der Waals surface area contributed by atoms with Crippen molar-refractivity contribution in [3.63, 3.8) is 0 Å². The third kappa shape index (κ3) is 19.7. The zero-order chi connectivity index (χ0) is 27.6. The molecule has 6 heteroatoms. The molecule has 0 fully saturated rings. The second-order valence-corrected chi connectivity index (χ2v) is 7.23. The van der Waals surface area contributed by atoms with E-state index in [0.29, 0.717) is 11.5 Å². The monoisotopic (exact) mass is 628 g/mol. The van der Waals surface area contributed by atoms with Gasteiger partial charge in [0.15, 0.2) is 0 Å². The van der Waals surface area contributed by atoms with Gasteiger partial charge in [-0.2, -0.15) is 36.4 Å². The van der Waals surface area contributed by atoms with Crippen LogP contribution in [0.4, 0.5) is 0 Å². The summed E-state index contributed by atoms with van der Waals surface area (Å²) in [5.41, 5.74) is 0. The summed E-state index contributed by atoms with van der Waals surface area (Å²) in [4.78, 5) is 0. The van der Waals surface area contributed by atoms with Gasteiger partial charge in [-0.1, -0.05) is 79.7 Å². The van der Waals surface area contributed by atoms with Gasteiger partial charge in [0.05, 0.1) is 8.95 Å². The molecule has 4 aromatic carbocycles. The number of ether oxygens (including phenoxy) is 2. The topological polar surface area (TPSA) is 18.5 Å². The van der Waals surface area contributed by atoms with Crippen LogP contribution in [-0.2, 0) is 0 Å². The summed E-state index contributed by atoms with van der Waals surface area (Å²) in [7, 11) is 0. The van der Waals surface area contributed by atoms with Crippen molar-refractivity contribution in [3.8, 4) is 23.0 Å². The molecule has 0 bridgehead atoms. The predicted molar refractivity (Wildman–Crippen MR) is 164 cm³/mol. The first-order chi connectivity index (χ1) is 17.7. The van der Waals surface area contributed by atoms with Gasteiger partial charge in [-0.25, -0.2) is 0 Å². The first-order valence-corrected chi connectivity index (χ1v) is 14.1. The Balaban J connectivity index is -0.000000232. The van der Waals surface area contributed by atoms with Crippen molar-refractivity contribution in [1.82, 2.24) is 0 Å². The van der Waals surface area contributed by atoms with E-state index >= 15 is 0 Å². The summed E-state index contributed by atoms with van der Waals surface area (Å²) in [6.07, 6.45) is 0. The fourth-order valence-corrected chi connectivity index (χ4v) is 2.90. The first kappa shape index (κ1) is 43.7. The minimum Gasteiger partial charge on any atom is -0.509 e. The molecule has 0 aliphatic heterocycles. The van der Waals surface area contributed by atoms with Crippen molar-refractivity contribution in [1.29, 1.82) is 0 Å². The summed E-state index contributed by atoms with van der Waals surface area (Å²) >= 11 is 6.88. The third-order valence-electron chi connectivity index (χ3n) is 3.47. The molecule has 0 atom stereocenters. The van der Waals surface area contributed by atoms with E-state index < -0.39 is 0 Å². The molecule has 4 aromatic rings. The van der Waals surface area contributed by atoms with Crippen LogP contribution in [0.3, 0.4) is 0 Å². The number of benzene rings is 4. The Morgan fingerprint density at radius 1 is 0.447 bits per heavy atom. The van der Waals surface area contributed by atoms with Gasteiger partial charge in [0.1, 0.15) is 11.5 Å². The van der Waals surface area contributed by atoms with Crippen LogP contribution in [0.5, 0.6) is 23.0 Å². The van der Waals surface area contributed by atoms with Gasteiger partial charge >= 0.3 is 37.7 Å². The van der Waals surface area contributed by atoms with Gasteiger partial charge in [-0.3, -0.25) is 0 Å². The Morgan fingerprint density at radius 3 is 1.05 bits per heavy atom. The number of hydrogen-bond donors (Lipinski definition) is 0. The molecule has 0 spiro atoms. The van der Waals surface area contributed by atoms with Crippen LogP contribution in [0.25, 0.3) is 0 Å². The van der Waals surface area contributed by atoms with Gasteiger partial charge in [0, 0.05) is 11.5 Å². The molecule has 0 radical (unpaired) electrons. The van der Waals surface area contributed by atoms with Crippen LogP contribution in [0.15, 0.2) is 106 Å². The van der Waals surface area contributed by atoms with Gasteiger partial charge in [-0.05, 0) is 56.1 Å². The molecule has 0 aliphatic carbocycles. The Morgan fingerprint density at radius 2 is 0.763 bits per heavy atom. The van der Waals surface area contributed by atoms with E-state index in [1.54, 1.807) is 0 Å². The summed E-state index contributed by atoms with van der Waals surface area (Å²) in [5.74, 6) is 3.05. The maximum atomic E-state index is 5.75. The number of hydrogen-bond acceptors (Lipinski definition) is 2. The Kier molecular flexibility index (Phi) is 36.6. The fourth-order valence-electron chi connectivity index (χ4n) is 2.17. The van der Waals surface area contributed by atoms with E-state index in [2.05, 4.69) is 44.0 Å². The first-order valence-electron chi connectivity index (χ1n) is 12.5. The van der Waals surface area contributed by atoms with E-state index in [9.17, 15) is 0 Å². The van der Waals surface area contributed by atoms with Crippen LogP contribution in [-0.4, -0.2) is 0 Å². The van der Waals surface area contributed by atoms with Gasteiger partial charge in [0.25, 0.3) is 0 Å². The minimum atomic E-state index is 0. The van der Waals surface area contributed by atoms with Crippen molar-refractivity contribution in [2.75, 3.05) is 0 Å². The fraction of sp³-hybridized carbons (Fsp3) is 0.250. The van der Waals surface area contributed by atoms with Crippen molar-refractivity contribution >= 4 is 31.9 Å². The SMILES string of the molecule is Brc1ccccc1Oc1ccccc1Br.CC.CC.CC.CC.[Li+].[Li+].[c-]1ccccc1Oc1[c-]cccc1. The molecule has 196 valence electrons. The minimum absolute atomic E-state index is 0. The smallest absolute Gasteiger partial charge is 0.509 e. The van der Waals surface area contributed by atoms with E-state index in [4.69, 9.17) is 9.47 Å². The van der Waals surface area contributed by atoms with Crippen molar-refractivity contribution in [2.24, 2.45) is 0 Å². The Hall–Kier alpha value is -1.37. The van der Waals surface area contributed by atoms with Crippen molar-refractivity contribution in [2.45, 2.75) is 55.4 Å². The van der Waals surface area contributed by atoms with E-state index in [0.717, 1.165) is 20.4 Å². The summed E-state index contributed by atoms with van der Waals surface area (Å²) in [5, 5.41) is 0. The molecule has 4 rings (SSSR count). The Bertz CT molecular complexity index is 921. The molecule has 0 N–H and O–H groups in total. The quantitative estimate of drug-likeness (QED) is 0.198. The second kappa shape index (κ2) is 31.9. The predicted octanol–water partition coefficient (Wildman–Crippen LogP) is 6.20. The number of rotatable bonds is 4. The maximum Gasteiger partial charge on any atom is 1.00 e. The van der Waals surface area contributed by atoms with E-state index in [1.165, 1.54) is 0 Å². The third-order valence-corrected chi connectivity index (χ3v) is 4.78. The van der Waals surface area contributed by atoms with Crippen LogP contribution in [0.2, 0.25) is 0 Å². The van der Waals surface area contributed by atoms with Crippen molar-refractivity contribution in [3.05, 3.63) is 118 Å². The molecular formula is C32H40Br2Li2O2. The summed E-state index contributed by atoms with van der Waals surface area (Å²) < 4.78 is 13.1. The average molecular weight is 630 g/mol. The molecule has 38 heavy (non-hydrogen) atoms. The van der Waals surface area contributed by atoms with E-state index in [-0.39, 0.29) is 37.7 Å². The van der Waals surface area contributed by atoms with Gasteiger partial charge < -0.3 is 9.47 Å². The summed E-state index contributed by atoms with van der Waals surface area (Å²) in [6, 6.07) is 36.5. The molecule has 0 saturated heterocycles. The standard InChI is InChI=1S/C12H8Br2O.C12H8O.4C2H6.2Li/c13-9-5-1-3-7-11(9)15-12-8-4-2-6-10(12)14;1-3-7-11(8-4-1)13-12-9-5-2-6-10-12;4*1-2;;/h1-8H;1-7,9H;4*1-2H3;;/q;-2;;;;;2*+1. The molecule has 0 aliphatic rings. The second-order valence-electron chi connectivity index (χ2n) is 5.52. The molecule has 2 nitrogen and oxygen atoms in total. The summed E-state index contributed by atoms with van der Waals surface area (Å²) in [6.45, 7) is 16.0. The number of halogens is 2. The largest absolute Gasteiger partial charge is 1.00 e. The van der Waals surface area contributed by atoms with Crippen LogP contribution < -0.4 is 47.2 Å². The molecule has 0 unspecified atom stereocenters. The van der Waals surface area contributed by atoms with Crippen LogP contribution in [0, 0.1) is 12.1 Å². The molecule has 0 aromatic heterocycles. The zero-order valence-electron chi connectivity index (χ0n) is 24.8. The maximum absolute atomic E-state index is 5.75. The zero-order valence-corrected chi connectivity index (χ0v) is 28.0. The number of para-hydroxylation sites is 4. The van der Waals surface area contributed by atoms with E-state index in [1.807, 2.05) is 152 Å². The molecule has 0 heterocycles. The van der Waals surface area contributed by atoms with Crippen molar-refractivity contribution < 1.29 is 47.2 Å². The average Bonchev–Trinajstić information content (AvgIpc) is 2.97. The van der Waals surface area contributed by atoms with Crippen LogP contribution >= 0.6 is 31.9 Å². The molecule has 0 amide bonds. The Labute approximate surface area is 273 Å². The van der Waals surface area contributed by atoms with Crippen LogP contribution in [0.1, 0.15) is 55.4 Å². The van der Waals surface area contributed by atoms with Gasteiger partial charge in [0.2, 0.25) is 0 Å². The molecular weight excluding hydrogens is 590 g/mol.